The van der Waals surface area contributed by atoms with Gasteiger partial charge in [-0.25, -0.2) is 0 Å². The lowest BCUT2D eigenvalue weighted by atomic mass is 9.87. The summed E-state index contributed by atoms with van der Waals surface area (Å²) in [6.45, 7) is 10.1. The fourth-order valence-electron chi connectivity index (χ4n) is 2.55. The van der Waals surface area contributed by atoms with Gasteiger partial charge in [0.05, 0.1) is 11.7 Å². The van der Waals surface area contributed by atoms with Gasteiger partial charge in [0.25, 0.3) is 11.8 Å². The van der Waals surface area contributed by atoms with E-state index in [9.17, 15) is 9.59 Å². The number of hydrazine groups is 1. The highest BCUT2D eigenvalue weighted by molar-refractivity contribution is 9.10. The monoisotopic (exact) mass is 491 g/mol. The summed E-state index contributed by atoms with van der Waals surface area (Å²) in [6, 6.07) is 12.5. The van der Waals surface area contributed by atoms with Crippen LogP contribution in [0.1, 0.15) is 60.9 Å². The second kappa shape index (κ2) is 10.0. The van der Waals surface area contributed by atoms with Crippen LogP contribution in [0.5, 0.6) is 5.75 Å². The highest BCUT2D eigenvalue weighted by atomic mass is 79.9. The van der Waals surface area contributed by atoms with Gasteiger partial charge in [-0.15, -0.1) is 0 Å². The topological polar surface area (TPSA) is 79.5 Å². The summed E-state index contributed by atoms with van der Waals surface area (Å²) < 4.78 is 6.41. The number of halogens is 1. The minimum Gasteiger partial charge on any atom is -0.490 e. The molecule has 0 aliphatic carbocycles. The van der Waals surface area contributed by atoms with Crippen molar-refractivity contribution in [3.05, 3.63) is 63.6 Å². The van der Waals surface area contributed by atoms with Gasteiger partial charge in [0, 0.05) is 10.0 Å². The Balaban J connectivity index is 1.97. The van der Waals surface area contributed by atoms with Crippen molar-refractivity contribution in [1.82, 2.24) is 16.2 Å². The van der Waals surface area contributed by atoms with E-state index in [4.69, 9.17) is 17.0 Å². The van der Waals surface area contributed by atoms with Crippen molar-refractivity contribution >= 4 is 45.1 Å². The van der Waals surface area contributed by atoms with Crippen molar-refractivity contribution < 1.29 is 14.3 Å². The van der Waals surface area contributed by atoms with Crippen molar-refractivity contribution in [2.45, 2.75) is 46.1 Å². The lowest BCUT2D eigenvalue weighted by Gasteiger charge is -2.19. The van der Waals surface area contributed by atoms with Crippen LogP contribution in [0.15, 0.2) is 46.9 Å². The molecule has 0 atom stereocenters. The molecule has 0 fully saturated rings. The standard InChI is InChI=1S/C22H26BrN3O3S/c1-13(2)29-18-11-10-16(23)12-17(18)20(28)24-21(30)26-25-19(27)14-6-8-15(9-7-14)22(3,4)5/h6-13H,1-5H3,(H,25,27)(H2,24,26,28,30). The predicted octanol–water partition coefficient (Wildman–Crippen LogP) is 4.48. The molecule has 0 aromatic heterocycles. The first-order valence-corrected chi connectivity index (χ1v) is 10.7. The smallest absolute Gasteiger partial charge is 0.269 e. The van der Waals surface area contributed by atoms with Crippen molar-refractivity contribution in [2.24, 2.45) is 0 Å². The Morgan fingerprint density at radius 3 is 2.20 bits per heavy atom. The molecule has 2 rings (SSSR count). The molecular formula is C22H26BrN3O3S. The third-order valence-corrected chi connectivity index (χ3v) is 4.78. The van der Waals surface area contributed by atoms with Crippen molar-refractivity contribution in [3.8, 4) is 5.75 Å². The Morgan fingerprint density at radius 2 is 1.63 bits per heavy atom. The van der Waals surface area contributed by atoms with E-state index in [1.807, 2.05) is 26.0 Å². The van der Waals surface area contributed by atoms with E-state index in [1.54, 1.807) is 30.3 Å². The number of carbonyl (C=O) groups is 2. The van der Waals surface area contributed by atoms with E-state index >= 15 is 0 Å². The molecule has 0 aliphatic heterocycles. The number of benzene rings is 2. The quantitative estimate of drug-likeness (QED) is 0.433. The summed E-state index contributed by atoms with van der Waals surface area (Å²) in [5.74, 6) is -0.372. The third kappa shape index (κ3) is 6.81. The summed E-state index contributed by atoms with van der Waals surface area (Å²) in [4.78, 5) is 24.9. The van der Waals surface area contributed by atoms with Gasteiger partial charge in [0.1, 0.15) is 5.75 Å². The molecule has 30 heavy (non-hydrogen) atoms. The van der Waals surface area contributed by atoms with Crippen LogP contribution in [0.25, 0.3) is 0 Å². The van der Waals surface area contributed by atoms with Crippen LogP contribution in [-0.4, -0.2) is 23.0 Å². The molecule has 2 amide bonds. The molecule has 0 spiro atoms. The Kier molecular flexibility index (Phi) is 7.97. The molecule has 160 valence electrons. The Hall–Kier alpha value is -2.45. The minimum absolute atomic E-state index is 0.00364. The number of amides is 2. The largest absolute Gasteiger partial charge is 0.490 e. The van der Waals surface area contributed by atoms with Gasteiger partial charge >= 0.3 is 0 Å². The molecule has 0 saturated carbocycles. The average Bonchev–Trinajstić information content (AvgIpc) is 2.66. The summed E-state index contributed by atoms with van der Waals surface area (Å²) in [6.07, 6.45) is -0.0910. The number of rotatable bonds is 4. The van der Waals surface area contributed by atoms with E-state index in [-0.39, 0.29) is 22.5 Å². The van der Waals surface area contributed by atoms with E-state index in [2.05, 4.69) is 52.9 Å². The highest BCUT2D eigenvalue weighted by Crippen LogP contribution is 2.24. The average molecular weight is 492 g/mol. The van der Waals surface area contributed by atoms with Crippen LogP contribution >= 0.6 is 28.1 Å². The molecule has 2 aromatic rings. The molecule has 0 bridgehead atoms. The zero-order chi connectivity index (χ0) is 22.5. The Labute approximate surface area is 190 Å². The van der Waals surface area contributed by atoms with Gasteiger partial charge < -0.3 is 4.74 Å². The molecule has 0 radical (unpaired) electrons. The maximum absolute atomic E-state index is 12.6. The number of carbonyl (C=O) groups excluding carboxylic acids is 2. The number of ether oxygens (including phenoxy) is 1. The second-order valence-corrected chi connectivity index (χ2v) is 9.32. The molecule has 6 nitrogen and oxygen atoms in total. The van der Waals surface area contributed by atoms with E-state index in [1.165, 1.54) is 0 Å². The molecule has 0 aliphatic rings. The van der Waals surface area contributed by atoms with Crippen LogP contribution in [0, 0.1) is 0 Å². The number of hydrogen-bond donors (Lipinski definition) is 3. The number of thiocarbonyl (C=S) groups is 1. The predicted molar refractivity (Wildman–Crippen MR) is 126 cm³/mol. The maximum atomic E-state index is 12.6. The number of hydrogen-bond acceptors (Lipinski definition) is 4. The first-order chi connectivity index (χ1) is 14.0. The van der Waals surface area contributed by atoms with Gasteiger partial charge in [-0.3, -0.25) is 25.8 Å². The zero-order valence-electron chi connectivity index (χ0n) is 17.6. The van der Waals surface area contributed by atoms with Crippen molar-refractivity contribution in [2.75, 3.05) is 0 Å². The first-order valence-electron chi connectivity index (χ1n) is 9.46. The SMILES string of the molecule is CC(C)Oc1ccc(Br)cc1C(=O)NC(=S)NNC(=O)c1ccc(C(C)(C)C)cc1. The van der Waals surface area contributed by atoms with Crippen LogP contribution in [0.3, 0.4) is 0 Å². The molecule has 0 heterocycles. The zero-order valence-corrected chi connectivity index (χ0v) is 20.0. The summed E-state index contributed by atoms with van der Waals surface area (Å²) in [5.41, 5.74) is 6.97. The maximum Gasteiger partial charge on any atom is 0.269 e. The molecule has 2 aromatic carbocycles. The van der Waals surface area contributed by atoms with Crippen LogP contribution in [0.2, 0.25) is 0 Å². The van der Waals surface area contributed by atoms with E-state index < -0.39 is 5.91 Å². The van der Waals surface area contributed by atoms with Crippen LogP contribution in [-0.2, 0) is 5.41 Å². The Bertz CT molecular complexity index is 938. The minimum atomic E-state index is -0.451. The summed E-state index contributed by atoms with van der Waals surface area (Å²) in [7, 11) is 0. The molecule has 0 saturated heterocycles. The van der Waals surface area contributed by atoms with Gasteiger partial charge in [-0.05, 0) is 67.4 Å². The van der Waals surface area contributed by atoms with Gasteiger partial charge in [0.15, 0.2) is 5.11 Å². The number of nitrogens with one attached hydrogen (secondary N) is 3. The summed E-state index contributed by atoms with van der Waals surface area (Å²) >= 11 is 8.47. The fourth-order valence-corrected chi connectivity index (χ4v) is 3.05. The molecule has 0 unspecified atom stereocenters. The van der Waals surface area contributed by atoms with Crippen molar-refractivity contribution in [3.63, 3.8) is 0 Å². The highest BCUT2D eigenvalue weighted by Gasteiger charge is 2.17. The summed E-state index contributed by atoms with van der Waals surface area (Å²) in [5, 5.41) is 2.51. The molecular weight excluding hydrogens is 466 g/mol. The van der Waals surface area contributed by atoms with Gasteiger partial charge in [0.2, 0.25) is 0 Å². The normalized spacial score (nSPS) is 11.0. The lowest BCUT2D eigenvalue weighted by Crippen LogP contribution is -2.48. The Morgan fingerprint density at radius 1 is 1.00 bits per heavy atom. The van der Waals surface area contributed by atoms with E-state index in [0.29, 0.717) is 16.9 Å². The molecule has 8 heteroatoms. The second-order valence-electron chi connectivity index (χ2n) is 8.00. The molecule has 3 N–H and O–H groups in total. The van der Waals surface area contributed by atoms with Gasteiger partial charge in [-0.2, -0.15) is 0 Å². The van der Waals surface area contributed by atoms with E-state index in [0.717, 1.165) is 10.0 Å². The van der Waals surface area contributed by atoms with Crippen LogP contribution < -0.4 is 20.9 Å². The van der Waals surface area contributed by atoms with Crippen molar-refractivity contribution in [1.29, 1.82) is 0 Å². The first kappa shape index (κ1) is 23.8. The fraction of sp³-hybridized carbons (Fsp3) is 0.318. The third-order valence-electron chi connectivity index (χ3n) is 4.08. The lowest BCUT2D eigenvalue weighted by molar-refractivity contribution is 0.0933. The van der Waals surface area contributed by atoms with Crippen LogP contribution in [0.4, 0.5) is 0 Å². The van der Waals surface area contributed by atoms with Gasteiger partial charge in [-0.1, -0.05) is 48.8 Å².